The Labute approximate surface area is 155 Å². The highest BCUT2D eigenvalue weighted by molar-refractivity contribution is 6.31. The normalized spacial score (nSPS) is 10.4. The second-order valence-electron chi connectivity index (χ2n) is 5.51. The number of nitrogens with one attached hydrogen (secondary N) is 2. The lowest BCUT2D eigenvalue weighted by Crippen LogP contribution is -2.23. The van der Waals surface area contributed by atoms with Crippen molar-refractivity contribution in [3.05, 3.63) is 65.7 Å². The van der Waals surface area contributed by atoms with Crippen LogP contribution in [-0.2, 0) is 4.79 Å². The Balaban J connectivity index is 1.73. The largest absolute Gasteiger partial charge is 0.376 e. The third-order valence-corrected chi connectivity index (χ3v) is 3.88. The number of hydrogen-bond acceptors (Lipinski definition) is 5. The smallest absolute Gasteiger partial charge is 0.243 e. The second-order valence-corrected chi connectivity index (χ2v) is 5.94. The molecule has 1 amide bonds. The zero-order chi connectivity index (χ0) is 18.5. The summed E-state index contributed by atoms with van der Waals surface area (Å²) in [5.74, 6) is -0.358. The number of carbonyl (C=O) groups excluding carboxylic acids is 2. The lowest BCUT2D eigenvalue weighted by molar-refractivity contribution is -0.114. The minimum atomic E-state index is -0.285. The van der Waals surface area contributed by atoms with E-state index in [1.54, 1.807) is 42.5 Å². The average Bonchev–Trinajstić information content (AvgIpc) is 3.14. The maximum Gasteiger partial charge on any atom is 0.243 e. The molecule has 0 spiro atoms. The molecule has 0 bridgehead atoms. The molecule has 8 heteroatoms. The number of hydrogen-bond donors (Lipinski definition) is 2. The highest BCUT2D eigenvalue weighted by Gasteiger charge is 2.11. The zero-order valence-corrected chi connectivity index (χ0v) is 14.7. The van der Waals surface area contributed by atoms with E-state index in [-0.39, 0.29) is 18.2 Å². The molecule has 0 radical (unpaired) electrons. The minimum Gasteiger partial charge on any atom is -0.376 e. The van der Waals surface area contributed by atoms with Gasteiger partial charge in [-0.15, -0.1) is 0 Å². The summed E-state index contributed by atoms with van der Waals surface area (Å²) in [6.07, 6.45) is 2.93. The molecule has 2 N–H and O–H groups in total. The second kappa shape index (κ2) is 7.79. The van der Waals surface area contributed by atoms with E-state index in [1.165, 1.54) is 24.3 Å². The van der Waals surface area contributed by atoms with Gasteiger partial charge in [-0.1, -0.05) is 23.7 Å². The number of anilines is 2. The molecule has 0 saturated carbocycles. The van der Waals surface area contributed by atoms with Gasteiger partial charge in [0.2, 0.25) is 5.91 Å². The Bertz CT molecular complexity index is 941. The first-order valence-corrected chi connectivity index (χ1v) is 8.20. The molecule has 0 aliphatic rings. The molecule has 26 heavy (non-hydrogen) atoms. The van der Waals surface area contributed by atoms with Crippen LogP contribution >= 0.6 is 11.6 Å². The number of ketones is 1. The summed E-state index contributed by atoms with van der Waals surface area (Å²) < 4.78 is 1.53. The van der Waals surface area contributed by atoms with Crippen molar-refractivity contribution in [3.63, 3.8) is 0 Å². The molecule has 1 aromatic heterocycles. The van der Waals surface area contributed by atoms with Gasteiger partial charge in [0.15, 0.2) is 5.78 Å². The van der Waals surface area contributed by atoms with E-state index in [1.807, 2.05) is 0 Å². The molecule has 3 aromatic rings. The molecule has 0 aliphatic heterocycles. The van der Waals surface area contributed by atoms with Crippen molar-refractivity contribution >= 4 is 34.7 Å². The zero-order valence-electron chi connectivity index (χ0n) is 13.9. The minimum absolute atomic E-state index is 0.00635. The Kier molecular flexibility index (Phi) is 5.28. The molecule has 132 valence electrons. The van der Waals surface area contributed by atoms with Crippen LogP contribution in [0.25, 0.3) is 5.69 Å². The lowest BCUT2D eigenvalue weighted by Gasteiger charge is -2.13. The summed E-state index contributed by atoms with van der Waals surface area (Å²) in [6.45, 7) is 1.48. The van der Waals surface area contributed by atoms with E-state index in [9.17, 15) is 9.59 Å². The van der Waals surface area contributed by atoms with Crippen molar-refractivity contribution in [2.75, 3.05) is 17.2 Å². The number of halogens is 1. The Hall–Kier alpha value is -3.19. The van der Waals surface area contributed by atoms with Gasteiger partial charge in [0.25, 0.3) is 0 Å². The van der Waals surface area contributed by atoms with Crippen molar-refractivity contribution < 1.29 is 9.59 Å². The van der Waals surface area contributed by atoms with Crippen LogP contribution in [0.4, 0.5) is 11.4 Å². The molecule has 7 nitrogen and oxygen atoms in total. The van der Waals surface area contributed by atoms with Gasteiger partial charge in [-0.25, -0.2) is 9.67 Å². The number of benzene rings is 2. The first-order chi connectivity index (χ1) is 12.5. The SMILES string of the molecule is CC(=O)c1ccccc1NCC(=O)Nc1cc(Cl)ccc1-n1cncn1. The fraction of sp³-hybridized carbons (Fsp3) is 0.111. The van der Waals surface area contributed by atoms with Crippen LogP contribution in [0.15, 0.2) is 55.1 Å². The molecule has 1 heterocycles. The van der Waals surface area contributed by atoms with Gasteiger partial charge in [0.1, 0.15) is 12.7 Å². The van der Waals surface area contributed by atoms with Crippen LogP contribution in [0.2, 0.25) is 5.02 Å². The molecule has 0 saturated heterocycles. The van der Waals surface area contributed by atoms with Gasteiger partial charge in [0.05, 0.1) is 17.9 Å². The standard InChI is InChI=1S/C18H16ClN5O2/c1-12(25)14-4-2-3-5-15(14)21-9-18(26)23-16-8-13(19)6-7-17(16)24-11-20-10-22-24/h2-8,10-11,21H,9H2,1H3,(H,23,26). The van der Waals surface area contributed by atoms with Gasteiger partial charge >= 0.3 is 0 Å². The van der Waals surface area contributed by atoms with Gasteiger partial charge in [-0.05, 0) is 37.3 Å². The number of nitrogens with zero attached hydrogens (tertiary/aromatic N) is 3. The molecular weight excluding hydrogens is 354 g/mol. The van der Waals surface area contributed by atoms with E-state index in [4.69, 9.17) is 11.6 Å². The number of amides is 1. The van der Waals surface area contributed by atoms with Crippen LogP contribution in [-0.4, -0.2) is 33.0 Å². The van der Waals surface area contributed by atoms with Gasteiger partial charge < -0.3 is 10.6 Å². The highest BCUT2D eigenvalue weighted by Crippen LogP contribution is 2.24. The maximum absolute atomic E-state index is 12.4. The van der Waals surface area contributed by atoms with Crippen LogP contribution in [0, 0.1) is 0 Å². The molecule has 0 atom stereocenters. The van der Waals surface area contributed by atoms with Crippen LogP contribution < -0.4 is 10.6 Å². The molecule has 0 fully saturated rings. The van der Waals surface area contributed by atoms with Gasteiger partial charge in [0, 0.05) is 16.3 Å². The first kappa shape index (κ1) is 17.6. The number of rotatable bonds is 6. The number of para-hydroxylation sites is 1. The van der Waals surface area contributed by atoms with Crippen LogP contribution in [0.3, 0.4) is 0 Å². The number of aromatic nitrogens is 3. The van der Waals surface area contributed by atoms with Gasteiger partial charge in [-0.3, -0.25) is 9.59 Å². The third-order valence-electron chi connectivity index (χ3n) is 3.64. The molecule has 0 aliphatic carbocycles. The summed E-state index contributed by atoms with van der Waals surface area (Å²) in [6, 6.07) is 12.1. The summed E-state index contributed by atoms with van der Waals surface area (Å²) in [4.78, 5) is 27.9. The number of Topliss-reactive ketones (excluding diaryl/α,β-unsaturated/α-hetero) is 1. The molecule has 2 aromatic carbocycles. The van der Waals surface area contributed by atoms with Crippen LogP contribution in [0.1, 0.15) is 17.3 Å². The Morgan fingerprint density at radius 3 is 2.69 bits per heavy atom. The molecule has 0 unspecified atom stereocenters. The summed E-state index contributed by atoms with van der Waals surface area (Å²) in [5, 5.41) is 10.3. The van der Waals surface area contributed by atoms with E-state index in [2.05, 4.69) is 20.7 Å². The quantitative estimate of drug-likeness (QED) is 0.651. The summed E-state index contributed by atoms with van der Waals surface area (Å²) in [5.41, 5.74) is 2.29. The monoisotopic (exact) mass is 369 g/mol. The summed E-state index contributed by atoms with van der Waals surface area (Å²) in [7, 11) is 0. The number of carbonyl (C=O) groups is 2. The van der Waals surface area contributed by atoms with Crippen molar-refractivity contribution in [2.45, 2.75) is 6.92 Å². The van der Waals surface area contributed by atoms with E-state index < -0.39 is 0 Å². The summed E-state index contributed by atoms with van der Waals surface area (Å²) >= 11 is 6.04. The predicted octanol–water partition coefficient (Wildman–Crippen LogP) is 3.17. The van der Waals surface area contributed by atoms with Crippen molar-refractivity contribution in [3.8, 4) is 5.69 Å². The third kappa shape index (κ3) is 4.07. The van der Waals surface area contributed by atoms with E-state index >= 15 is 0 Å². The highest BCUT2D eigenvalue weighted by atomic mass is 35.5. The average molecular weight is 370 g/mol. The first-order valence-electron chi connectivity index (χ1n) is 7.83. The van der Waals surface area contributed by atoms with Crippen molar-refractivity contribution in [1.29, 1.82) is 0 Å². The van der Waals surface area contributed by atoms with Crippen molar-refractivity contribution in [1.82, 2.24) is 14.8 Å². The fourth-order valence-corrected chi connectivity index (χ4v) is 2.63. The van der Waals surface area contributed by atoms with Crippen molar-refractivity contribution in [2.24, 2.45) is 0 Å². The van der Waals surface area contributed by atoms with Crippen LogP contribution in [0.5, 0.6) is 0 Å². The molecular formula is C18H16ClN5O2. The molecule has 3 rings (SSSR count). The lowest BCUT2D eigenvalue weighted by atomic mass is 10.1. The Morgan fingerprint density at radius 2 is 1.96 bits per heavy atom. The van der Waals surface area contributed by atoms with E-state index in [0.717, 1.165) is 0 Å². The maximum atomic E-state index is 12.4. The topological polar surface area (TPSA) is 88.9 Å². The fourth-order valence-electron chi connectivity index (χ4n) is 2.45. The Morgan fingerprint density at radius 1 is 1.15 bits per heavy atom. The predicted molar refractivity (Wildman–Crippen MR) is 99.9 cm³/mol. The van der Waals surface area contributed by atoms with E-state index in [0.29, 0.717) is 27.6 Å². The van der Waals surface area contributed by atoms with Gasteiger partial charge in [-0.2, -0.15) is 5.10 Å².